The number of carboxylic acid groups (broad SMARTS) is 1. The number of nitrogens with one attached hydrogen (secondary N) is 2. The fourth-order valence-electron chi connectivity index (χ4n) is 6.31. The monoisotopic (exact) mass is 521 g/mol. The molecular formula is C29H49N2O6-. The number of carbonyl (C=O) groups is 3. The molecule has 2 N–H and O–H groups in total. The highest BCUT2D eigenvalue weighted by Gasteiger charge is 2.50. The Morgan fingerprint density at radius 2 is 1.62 bits per heavy atom. The SMILES string of the molecule is CCCCCCC1(C(=O)NC2(C(CNC(=O)C3OC(C)(C)OCC3(C)C)C(=O)[O-])CCCCC2)CCC1. The Bertz CT molecular complexity index is 813. The van der Waals surface area contributed by atoms with Gasteiger partial charge in [0.2, 0.25) is 11.8 Å². The third kappa shape index (κ3) is 7.05. The lowest BCUT2D eigenvalue weighted by Crippen LogP contribution is -2.65. The Labute approximate surface area is 223 Å². The lowest BCUT2D eigenvalue weighted by atomic mass is 9.64. The molecule has 2 amide bonds. The number of hydrogen-bond donors (Lipinski definition) is 2. The molecule has 8 nitrogen and oxygen atoms in total. The highest BCUT2D eigenvalue weighted by molar-refractivity contribution is 5.86. The highest BCUT2D eigenvalue weighted by Crippen LogP contribution is 2.47. The van der Waals surface area contributed by atoms with E-state index in [0.717, 1.165) is 64.2 Å². The van der Waals surface area contributed by atoms with E-state index in [4.69, 9.17) is 9.47 Å². The van der Waals surface area contributed by atoms with Crippen molar-refractivity contribution >= 4 is 17.8 Å². The van der Waals surface area contributed by atoms with Gasteiger partial charge in [-0.25, -0.2) is 0 Å². The number of rotatable bonds is 12. The van der Waals surface area contributed by atoms with Gasteiger partial charge >= 0.3 is 0 Å². The molecule has 0 bridgehead atoms. The van der Waals surface area contributed by atoms with E-state index in [0.29, 0.717) is 19.4 Å². The van der Waals surface area contributed by atoms with Crippen molar-refractivity contribution in [1.29, 1.82) is 0 Å². The maximum absolute atomic E-state index is 13.7. The van der Waals surface area contributed by atoms with E-state index in [1.165, 1.54) is 6.42 Å². The van der Waals surface area contributed by atoms with Gasteiger partial charge in [-0.15, -0.1) is 0 Å². The number of carboxylic acids is 1. The van der Waals surface area contributed by atoms with Crippen LogP contribution in [0.3, 0.4) is 0 Å². The third-order valence-corrected chi connectivity index (χ3v) is 8.98. The van der Waals surface area contributed by atoms with Gasteiger partial charge in [0.05, 0.1) is 6.61 Å². The topological polar surface area (TPSA) is 117 Å². The van der Waals surface area contributed by atoms with Crippen LogP contribution < -0.4 is 15.7 Å². The summed E-state index contributed by atoms with van der Waals surface area (Å²) in [6, 6.07) is 0. The first kappa shape index (κ1) is 29.9. The number of aliphatic carboxylic acids is 1. The molecule has 0 aromatic rings. The maximum atomic E-state index is 13.7. The molecule has 2 unspecified atom stereocenters. The molecule has 1 aliphatic heterocycles. The summed E-state index contributed by atoms with van der Waals surface area (Å²) in [6.45, 7) is 9.72. The van der Waals surface area contributed by atoms with Gasteiger partial charge in [0, 0.05) is 34.8 Å². The summed E-state index contributed by atoms with van der Waals surface area (Å²) in [5, 5.41) is 18.6. The van der Waals surface area contributed by atoms with Gasteiger partial charge < -0.3 is 30.0 Å². The fraction of sp³-hybridized carbons (Fsp3) is 0.897. The Hall–Kier alpha value is -1.67. The van der Waals surface area contributed by atoms with Crippen LogP contribution in [0, 0.1) is 16.7 Å². The molecule has 3 fully saturated rings. The number of unbranched alkanes of at least 4 members (excludes halogenated alkanes) is 3. The van der Waals surface area contributed by atoms with Gasteiger partial charge in [0.15, 0.2) is 5.79 Å². The quantitative estimate of drug-likeness (QED) is 0.379. The molecule has 212 valence electrons. The van der Waals surface area contributed by atoms with Gasteiger partial charge in [-0.05, 0) is 46.0 Å². The van der Waals surface area contributed by atoms with E-state index < -0.39 is 34.7 Å². The number of hydrogen-bond acceptors (Lipinski definition) is 6. The van der Waals surface area contributed by atoms with Gasteiger partial charge in [-0.3, -0.25) is 9.59 Å². The van der Waals surface area contributed by atoms with Crippen molar-refractivity contribution in [2.75, 3.05) is 13.2 Å². The van der Waals surface area contributed by atoms with Crippen molar-refractivity contribution < 1.29 is 29.0 Å². The zero-order chi connectivity index (χ0) is 27.3. The normalized spacial score (nSPS) is 26.4. The van der Waals surface area contributed by atoms with E-state index >= 15 is 0 Å². The summed E-state index contributed by atoms with van der Waals surface area (Å²) in [5.41, 5.74) is -1.87. The molecule has 0 aromatic heterocycles. The van der Waals surface area contributed by atoms with E-state index in [-0.39, 0.29) is 23.8 Å². The maximum Gasteiger partial charge on any atom is 0.249 e. The Morgan fingerprint density at radius 3 is 2.19 bits per heavy atom. The van der Waals surface area contributed by atoms with Crippen LogP contribution in [0.25, 0.3) is 0 Å². The Morgan fingerprint density at radius 1 is 0.946 bits per heavy atom. The van der Waals surface area contributed by atoms with E-state index in [1.807, 2.05) is 13.8 Å². The van der Waals surface area contributed by atoms with Crippen molar-refractivity contribution in [2.45, 2.75) is 136 Å². The fourth-order valence-corrected chi connectivity index (χ4v) is 6.31. The van der Waals surface area contributed by atoms with Gasteiger partial charge in [-0.2, -0.15) is 0 Å². The van der Waals surface area contributed by atoms with Gasteiger partial charge in [-0.1, -0.05) is 72.1 Å². The number of amides is 2. The van der Waals surface area contributed by atoms with E-state index in [1.54, 1.807) is 13.8 Å². The first-order valence-corrected chi connectivity index (χ1v) is 14.5. The van der Waals surface area contributed by atoms with Crippen LogP contribution in [-0.4, -0.2) is 48.4 Å². The number of ether oxygens (including phenoxy) is 2. The lowest BCUT2D eigenvalue weighted by molar-refractivity contribution is -0.314. The average molecular weight is 522 g/mol. The summed E-state index contributed by atoms with van der Waals surface area (Å²) >= 11 is 0. The van der Waals surface area contributed by atoms with Gasteiger partial charge in [0.25, 0.3) is 0 Å². The molecule has 1 saturated heterocycles. The van der Waals surface area contributed by atoms with Crippen LogP contribution in [0.5, 0.6) is 0 Å². The molecule has 1 heterocycles. The van der Waals surface area contributed by atoms with Crippen LogP contribution in [0.1, 0.15) is 118 Å². The minimum absolute atomic E-state index is 0.00892. The molecular weight excluding hydrogens is 472 g/mol. The van der Waals surface area contributed by atoms with Crippen LogP contribution >= 0.6 is 0 Å². The van der Waals surface area contributed by atoms with Gasteiger partial charge in [0.1, 0.15) is 6.10 Å². The standard InChI is InChI=1S/C29H50N2O6/c1-6-7-8-10-14-28(15-13-16-28)25(35)31-29(17-11-9-12-18-29)21(24(33)34)19-30-23(32)22-26(2,3)20-36-27(4,5)37-22/h21-22H,6-20H2,1-5H3,(H,30,32)(H,31,35)(H,33,34)/p-1. The van der Waals surface area contributed by atoms with Crippen molar-refractivity contribution in [3.63, 3.8) is 0 Å². The zero-order valence-corrected chi connectivity index (χ0v) is 23.7. The Kier molecular flexibility index (Phi) is 9.71. The average Bonchev–Trinajstić information content (AvgIpc) is 2.80. The van der Waals surface area contributed by atoms with Crippen molar-refractivity contribution in [2.24, 2.45) is 16.7 Å². The zero-order valence-electron chi connectivity index (χ0n) is 23.7. The summed E-state index contributed by atoms with van der Waals surface area (Å²) in [6.07, 6.45) is 11.1. The largest absolute Gasteiger partial charge is 0.550 e. The molecule has 3 aliphatic rings. The smallest absolute Gasteiger partial charge is 0.249 e. The van der Waals surface area contributed by atoms with Crippen molar-refractivity contribution in [3.05, 3.63) is 0 Å². The van der Waals surface area contributed by atoms with Crippen LogP contribution in [0.4, 0.5) is 0 Å². The predicted octanol–water partition coefficient (Wildman–Crippen LogP) is 3.61. The predicted molar refractivity (Wildman–Crippen MR) is 139 cm³/mol. The molecule has 37 heavy (non-hydrogen) atoms. The van der Waals surface area contributed by atoms with E-state index in [9.17, 15) is 19.5 Å². The molecule has 0 spiro atoms. The van der Waals surface area contributed by atoms with Crippen molar-refractivity contribution in [1.82, 2.24) is 10.6 Å². The van der Waals surface area contributed by atoms with Crippen LogP contribution in [-0.2, 0) is 23.9 Å². The summed E-state index contributed by atoms with van der Waals surface area (Å²) in [4.78, 5) is 39.5. The second kappa shape index (κ2) is 12.0. The van der Waals surface area contributed by atoms with Crippen molar-refractivity contribution in [3.8, 4) is 0 Å². The summed E-state index contributed by atoms with van der Waals surface area (Å²) < 4.78 is 11.6. The molecule has 2 saturated carbocycles. The lowest BCUT2D eigenvalue weighted by Gasteiger charge is -2.49. The number of carbonyl (C=O) groups excluding carboxylic acids is 3. The van der Waals surface area contributed by atoms with Crippen LogP contribution in [0.15, 0.2) is 0 Å². The molecule has 8 heteroatoms. The van der Waals surface area contributed by atoms with E-state index in [2.05, 4.69) is 17.6 Å². The molecule has 0 aromatic carbocycles. The molecule has 3 rings (SSSR count). The molecule has 0 radical (unpaired) electrons. The van der Waals surface area contributed by atoms with Crippen LogP contribution in [0.2, 0.25) is 0 Å². The third-order valence-electron chi connectivity index (χ3n) is 8.98. The summed E-state index contributed by atoms with van der Waals surface area (Å²) in [7, 11) is 0. The first-order valence-electron chi connectivity index (χ1n) is 14.5. The summed E-state index contributed by atoms with van der Waals surface area (Å²) in [5.74, 6) is -3.53. The minimum atomic E-state index is -1.24. The highest BCUT2D eigenvalue weighted by atomic mass is 16.7. The first-order chi connectivity index (χ1) is 17.4. The second-order valence-corrected chi connectivity index (χ2v) is 12.9. The molecule has 2 atom stereocenters. The Balaban J connectivity index is 1.73. The second-order valence-electron chi connectivity index (χ2n) is 12.9. The minimum Gasteiger partial charge on any atom is -0.550 e. The molecule has 2 aliphatic carbocycles.